The van der Waals surface area contributed by atoms with Crippen molar-refractivity contribution in [1.82, 2.24) is 5.32 Å². The lowest BCUT2D eigenvalue weighted by Crippen LogP contribution is -2.44. The summed E-state index contributed by atoms with van der Waals surface area (Å²) in [6.45, 7) is 8.43. The Morgan fingerprint density at radius 2 is 2.14 bits per heavy atom. The summed E-state index contributed by atoms with van der Waals surface area (Å²) < 4.78 is 11.3. The lowest BCUT2D eigenvalue weighted by atomic mass is 9.93. The van der Waals surface area contributed by atoms with Gasteiger partial charge in [-0.1, -0.05) is 32.9 Å². The van der Waals surface area contributed by atoms with Crippen molar-refractivity contribution in [1.29, 1.82) is 0 Å². The molecule has 3 nitrogen and oxygen atoms in total. The van der Waals surface area contributed by atoms with Crippen molar-refractivity contribution in [3.05, 3.63) is 29.3 Å². The third kappa shape index (κ3) is 4.21. The van der Waals surface area contributed by atoms with E-state index in [1.54, 1.807) is 0 Å². The van der Waals surface area contributed by atoms with Crippen LogP contribution in [0.25, 0.3) is 0 Å². The van der Waals surface area contributed by atoms with Crippen molar-refractivity contribution in [3.8, 4) is 5.75 Å². The minimum absolute atomic E-state index is 0.266. The Morgan fingerprint density at radius 1 is 1.33 bits per heavy atom. The molecule has 0 bridgehead atoms. The summed E-state index contributed by atoms with van der Waals surface area (Å²) in [5.41, 5.74) is 2.76. The topological polar surface area (TPSA) is 30.5 Å². The number of hydrogen-bond acceptors (Lipinski definition) is 3. The monoisotopic (exact) mass is 291 g/mol. The molecular formula is C18H29NO2. The van der Waals surface area contributed by atoms with Crippen LogP contribution >= 0.6 is 0 Å². The third-order valence-corrected chi connectivity index (χ3v) is 4.29. The molecular weight excluding hydrogens is 262 g/mol. The Morgan fingerprint density at radius 3 is 2.81 bits per heavy atom. The van der Waals surface area contributed by atoms with Crippen molar-refractivity contribution in [3.63, 3.8) is 0 Å². The van der Waals surface area contributed by atoms with Crippen LogP contribution in [0.1, 0.15) is 38.3 Å². The van der Waals surface area contributed by atoms with Gasteiger partial charge < -0.3 is 14.8 Å². The van der Waals surface area contributed by atoms with E-state index in [4.69, 9.17) is 9.47 Å². The first-order chi connectivity index (χ1) is 10.2. The fraction of sp³-hybridized carbons (Fsp3) is 0.667. The van der Waals surface area contributed by atoms with Crippen LogP contribution in [0.2, 0.25) is 0 Å². The molecule has 0 spiro atoms. The predicted molar refractivity (Wildman–Crippen MR) is 87.1 cm³/mol. The molecule has 118 valence electrons. The number of nitrogens with one attached hydrogen (secondary N) is 1. The molecule has 0 aromatic heterocycles. The smallest absolute Gasteiger partial charge is 0.122 e. The molecule has 1 heterocycles. The van der Waals surface area contributed by atoms with E-state index in [1.165, 1.54) is 11.1 Å². The summed E-state index contributed by atoms with van der Waals surface area (Å²) >= 11 is 0. The average molecular weight is 291 g/mol. The molecule has 1 aliphatic rings. The fourth-order valence-corrected chi connectivity index (χ4v) is 3.26. The maximum Gasteiger partial charge on any atom is 0.122 e. The normalized spacial score (nSPS) is 16.6. The van der Waals surface area contributed by atoms with Crippen LogP contribution in [-0.2, 0) is 17.6 Å². The minimum Gasteiger partial charge on any atom is -0.493 e. The number of fused-ring (bicyclic) bond motifs is 1. The molecule has 3 heteroatoms. The van der Waals surface area contributed by atoms with Gasteiger partial charge in [0.2, 0.25) is 0 Å². The Hall–Kier alpha value is -1.06. The van der Waals surface area contributed by atoms with E-state index in [0.717, 1.165) is 38.2 Å². The van der Waals surface area contributed by atoms with Gasteiger partial charge in [-0.05, 0) is 42.5 Å². The molecule has 0 saturated carbocycles. The highest BCUT2D eigenvalue weighted by atomic mass is 16.5. The number of methoxy groups -OCH3 is 1. The van der Waals surface area contributed by atoms with E-state index in [1.807, 2.05) is 7.11 Å². The van der Waals surface area contributed by atoms with E-state index >= 15 is 0 Å². The highest BCUT2D eigenvalue weighted by Crippen LogP contribution is 2.26. The molecule has 1 aromatic carbocycles. The van der Waals surface area contributed by atoms with Crippen molar-refractivity contribution in [2.75, 3.05) is 20.3 Å². The summed E-state index contributed by atoms with van der Waals surface area (Å²) in [6, 6.07) is 7.03. The van der Waals surface area contributed by atoms with Crippen LogP contribution in [0.5, 0.6) is 5.75 Å². The van der Waals surface area contributed by atoms with E-state index < -0.39 is 0 Å². The Balaban J connectivity index is 1.97. The second-order valence-electron chi connectivity index (χ2n) is 6.19. The molecule has 2 rings (SSSR count). The first-order valence-electron chi connectivity index (χ1n) is 8.16. The number of ether oxygens (including phenoxy) is 2. The molecule has 0 saturated heterocycles. The molecule has 0 aliphatic carbocycles. The van der Waals surface area contributed by atoms with Crippen LogP contribution < -0.4 is 10.1 Å². The van der Waals surface area contributed by atoms with Gasteiger partial charge in [-0.25, -0.2) is 0 Å². The van der Waals surface area contributed by atoms with Gasteiger partial charge in [0.25, 0.3) is 0 Å². The fourth-order valence-electron chi connectivity index (χ4n) is 3.26. The number of likely N-dealkylation sites (N-methyl/N-ethyl adjacent to an activating group) is 1. The number of rotatable bonds is 8. The molecule has 2 unspecified atom stereocenters. The molecule has 21 heavy (non-hydrogen) atoms. The zero-order valence-electron chi connectivity index (χ0n) is 13.8. The lowest BCUT2D eigenvalue weighted by molar-refractivity contribution is 0.0312. The van der Waals surface area contributed by atoms with Gasteiger partial charge in [0, 0.05) is 19.6 Å². The maximum absolute atomic E-state index is 5.71. The Labute approximate surface area is 129 Å². The summed E-state index contributed by atoms with van der Waals surface area (Å²) in [4.78, 5) is 0. The summed E-state index contributed by atoms with van der Waals surface area (Å²) in [6.07, 6.45) is 3.50. The Bertz CT molecular complexity index is 445. The van der Waals surface area contributed by atoms with E-state index in [-0.39, 0.29) is 6.10 Å². The number of benzene rings is 1. The summed E-state index contributed by atoms with van der Waals surface area (Å²) in [5, 5.41) is 3.59. The van der Waals surface area contributed by atoms with Gasteiger partial charge in [0.15, 0.2) is 0 Å². The molecule has 1 aromatic rings. The molecule has 2 atom stereocenters. The minimum atomic E-state index is 0.266. The average Bonchev–Trinajstić information content (AvgIpc) is 2.92. The van der Waals surface area contributed by atoms with Crippen molar-refractivity contribution >= 4 is 0 Å². The van der Waals surface area contributed by atoms with Crippen LogP contribution in [0, 0.1) is 5.92 Å². The van der Waals surface area contributed by atoms with E-state index in [9.17, 15) is 0 Å². The lowest BCUT2D eigenvalue weighted by Gasteiger charge is -2.29. The first-order valence-corrected chi connectivity index (χ1v) is 8.16. The predicted octanol–water partition coefficient (Wildman–Crippen LogP) is 3.20. The van der Waals surface area contributed by atoms with Crippen molar-refractivity contribution < 1.29 is 9.47 Å². The summed E-state index contributed by atoms with van der Waals surface area (Å²) in [5.74, 6) is 1.59. The van der Waals surface area contributed by atoms with Gasteiger partial charge in [0.05, 0.1) is 12.7 Å². The van der Waals surface area contributed by atoms with Crippen LogP contribution in [-0.4, -0.2) is 32.4 Å². The third-order valence-electron chi connectivity index (χ3n) is 4.29. The van der Waals surface area contributed by atoms with Crippen LogP contribution in [0.3, 0.4) is 0 Å². The van der Waals surface area contributed by atoms with Gasteiger partial charge >= 0.3 is 0 Å². The molecule has 0 amide bonds. The zero-order valence-corrected chi connectivity index (χ0v) is 13.8. The molecule has 1 aliphatic heterocycles. The largest absolute Gasteiger partial charge is 0.493 e. The van der Waals surface area contributed by atoms with Gasteiger partial charge in [0.1, 0.15) is 5.75 Å². The summed E-state index contributed by atoms with van der Waals surface area (Å²) in [7, 11) is 1.82. The van der Waals surface area contributed by atoms with Crippen molar-refractivity contribution in [2.24, 2.45) is 5.92 Å². The standard InChI is InChI=1S/C18H29NO2/c1-5-19-16(18(20-4)13(2)3)8-6-14-7-9-17-15(12-14)10-11-21-17/h7,9,12-13,16,18-19H,5-6,8,10-11H2,1-4H3. The van der Waals surface area contributed by atoms with Crippen LogP contribution in [0.15, 0.2) is 18.2 Å². The molecule has 1 N–H and O–H groups in total. The Kier molecular flexibility index (Phi) is 6.07. The molecule has 0 fully saturated rings. The van der Waals surface area contributed by atoms with Gasteiger partial charge in [-0.3, -0.25) is 0 Å². The SMILES string of the molecule is CCNC(CCc1ccc2c(c1)CCO2)C(OC)C(C)C. The van der Waals surface area contributed by atoms with E-state index in [2.05, 4.69) is 44.3 Å². The quantitative estimate of drug-likeness (QED) is 0.798. The zero-order chi connectivity index (χ0) is 15.2. The van der Waals surface area contributed by atoms with Crippen LogP contribution in [0.4, 0.5) is 0 Å². The van der Waals surface area contributed by atoms with Crippen molar-refractivity contribution in [2.45, 2.75) is 52.2 Å². The van der Waals surface area contributed by atoms with Gasteiger partial charge in [-0.2, -0.15) is 0 Å². The second kappa shape index (κ2) is 7.81. The second-order valence-corrected chi connectivity index (χ2v) is 6.19. The molecule has 0 radical (unpaired) electrons. The number of hydrogen-bond donors (Lipinski definition) is 1. The van der Waals surface area contributed by atoms with Gasteiger partial charge in [-0.15, -0.1) is 0 Å². The maximum atomic E-state index is 5.71. The van der Waals surface area contributed by atoms with E-state index in [0.29, 0.717) is 12.0 Å². The highest BCUT2D eigenvalue weighted by Gasteiger charge is 2.23. The number of aryl methyl sites for hydroxylation is 1. The first kappa shape index (κ1) is 16.3. The highest BCUT2D eigenvalue weighted by molar-refractivity contribution is 5.39.